The van der Waals surface area contributed by atoms with Gasteiger partial charge in [0, 0.05) is 50.9 Å². The minimum Gasteiger partial charge on any atom is -0.380 e. The van der Waals surface area contributed by atoms with Crippen LogP contribution in [0, 0.1) is 0 Å². The average molecular weight is 249 g/mol. The van der Waals surface area contributed by atoms with E-state index in [2.05, 4.69) is 34.3 Å². The van der Waals surface area contributed by atoms with E-state index in [4.69, 9.17) is 4.74 Å². The number of rotatable bonds is 5. The number of piperidine rings is 1. The summed E-state index contributed by atoms with van der Waals surface area (Å²) in [5.41, 5.74) is 1.29. The van der Waals surface area contributed by atoms with Crippen molar-refractivity contribution in [2.75, 3.05) is 31.6 Å². The standard InChI is InChI=1S/C14H23N3O/c1-12(18-2)11-16-13-5-9-17(10-6-13)14-3-7-15-8-4-14/h3-4,7-8,12-13,16H,5-6,9-11H2,1-2H3. The SMILES string of the molecule is COC(C)CNC1CCN(c2ccncc2)CC1. The second-order valence-corrected chi connectivity index (χ2v) is 4.92. The van der Waals surface area contributed by atoms with Gasteiger partial charge in [0.25, 0.3) is 0 Å². The summed E-state index contributed by atoms with van der Waals surface area (Å²) in [6.07, 6.45) is 6.40. The maximum Gasteiger partial charge on any atom is 0.0667 e. The predicted molar refractivity (Wildman–Crippen MR) is 73.9 cm³/mol. The summed E-state index contributed by atoms with van der Waals surface area (Å²) >= 11 is 0. The minimum atomic E-state index is 0.295. The Morgan fingerprint density at radius 3 is 2.67 bits per heavy atom. The first-order valence-electron chi connectivity index (χ1n) is 6.70. The molecule has 0 amide bonds. The van der Waals surface area contributed by atoms with Gasteiger partial charge in [-0.15, -0.1) is 0 Å². The monoisotopic (exact) mass is 249 g/mol. The maximum absolute atomic E-state index is 5.25. The van der Waals surface area contributed by atoms with Gasteiger partial charge in [0.1, 0.15) is 0 Å². The van der Waals surface area contributed by atoms with Gasteiger partial charge in [0.15, 0.2) is 0 Å². The highest BCUT2D eigenvalue weighted by Gasteiger charge is 2.19. The van der Waals surface area contributed by atoms with E-state index in [-0.39, 0.29) is 0 Å². The van der Waals surface area contributed by atoms with E-state index in [1.165, 1.54) is 18.5 Å². The summed E-state index contributed by atoms with van der Waals surface area (Å²) in [6.45, 7) is 5.27. The van der Waals surface area contributed by atoms with Crippen LogP contribution in [0.25, 0.3) is 0 Å². The zero-order valence-electron chi connectivity index (χ0n) is 11.3. The van der Waals surface area contributed by atoms with Crippen LogP contribution < -0.4 is 10.2 Å². The van der Waals surface area contributed by atoms with Crippen LogP contribution in [0.3, 0.4) is 0 Å². The molecule has 0 aliphatic carbocycles. The molecule has 0 aromatic carbocycles. The number of hydrogen-bond acceptors (Lipinski definition) is 4. The molecule has 1 aromatic rings. The Morgan fingerprint density at radius 1 is 1.39 bits per heavy atom. The van der Waals surface area contributed by atoms with Crippen molar-refractivity contribution in [1.29, 1.82) is 0 Å². The Balaban J connectivity index is 1.75. The highest BCUT2D eigenvalue weighted by atomic mass is 16.5. The van der Waals surface area contributed by atoms with Crippen molar-refractivity contribution in [3.63, 3.8) is 0 Å². The number of aromatic nitrogens is 1. The Kier molecular flexibility index (Phi) is 4.96. The Labute approximate surface area is 109 Å². The summed E-state index contributed by atoms with van der Waals surface area (Å²) in [4.78, 5) is 6.49. The Morgan fingerprint density at radius 2 is 2.06 bits per heavy atom. The van der Waals surface area contributed by atoms with E-state index in [0.29, 0.717) is 12.1 Å². The first-order chi connectivity index (χ1) is 8.79. The molecule has 1 atom stereocenters. The molecule has 0 saturated carbocycles. The van der Waals surface area contributed by atoms with Gasteiger partial charge in [0.2, 0.25) is 0 Å². The fraction of sp³-hybridized carbons (Fsp3) is 0.643. The van der Waals surface area contributed by atoms with Crippen LogP contribution in [0.1, 0.15) is 19.8 Å². The first kappa shape index (κ1) is 13.3. The Hall–Kier alpha value is -1.13. The van der Waals surface area contributed by atoms with Crippen molar-refractivity contribution in [2.45, 2.75) is 31.9 Å². The van der Waals surface area contributed by atoms with Gasteiger partial charge in [0.05, 0.1) is 6.10 Å². The fourth-order valence-corrected chi connectivity index (χ4v) is 2.31. The lowest BCUT2D eigenvalue weighted by Crippen LogP contribution is -2.44. The lowest BCUT2D eigenvalue weighted by molar-refractivity contribution is 0.113. The molecule has 4 heteroatoms. The molecular weight excluding hydrogens is 226 g/mol. The number of anilines is 1. The molecule has 2 rings (SSSR count). The molecule has 0 bridgehead atoms. The van der Waals surface area contributed by atoms with Crippen LogP contribution in [0.2, 0.25) is 0 Å². The second kappa shape index (κ2) is 6.71. The topological polar surface area (TPSA) is 37.4 Å². The molecule has 1 fully saturated rings. The minimum absolute atomic E-state index is 0.295. The third kappa shape index (κ3) is 3.68. The summed E-state index contributed by atoms with van der Waals surface area (Å²) in [5.74, 6) is 0. The molecule has 1 saturated heterocycles. The van der Waals surface area contributed by atoms with Crippen molar-refractivity contribution < 1.29 is 4.74 Å². The quantitative estimate of drug-likeness (QED) is 0.861. The molecular formula is C14H23N3O. The first-order valence-corrected chi connectivity index (χ1v) is 6.70. The van der Waals surface area contributed by atoms with Crippen LogP contribution in [-0.4, -0.2) is 43.9 Å². The van der Waals surface area contributed by atoms with Crippen molar-refractivity contribution in [2.24, 2.45) is 0 Å². The highest BCUT2D eigenvalue weighted by molar-refractivity contribution is 5.44. The third-order valence-corrected chi connectivity index (χ3v) is 3.62. The van der Waals surface area contributed by atoms with Gasteiger partial charge in [-0.2, -0.15) is 0 Å². The largest absolute Gasteiger partial charge is 0.380 e. The predicted octanol–water partition coefficient (Wildman–Crippen LogP) is 1.67. The average Bonchev–Trinajstić information content (AvgIpc) is 2.46. The molecule has 1 aromatic heterocycles. The molecule has 18 heavy (non-hydrogen) atoms. The number of pyridine rings is 1. The van der Waals surface area contributed by atoms with E-state index in [0.717, 1.165) is 19.6 Å². The number of ether oxygens (including phenoxy) is 1. The van der Waals surface area contributed by atoms with E-state index >= 15 is 0 Å². The van der Waals surface area contributed by atoms with Crippen LogP contribution in [-0.2, 0) is 4.74 Å². The number of hydrogen-bond donors (Lipinski definition) is 1. The summed E-state index contributed by atoms with van der Waals surface area (Å²) in [6, 6.07) is 4.79. The summed E-state index contributed by atoms with van der Waals surface area (Å²) in [7, 11) is 1.76. The maximum atomic E-state index is 5.25. The van der Waals surface area contributed by atoms with Crippen LogP contribution in [0.4, 0.5) is 5.69 Å². The van der Waals surface area contributed by atoms with Gasteiger partial charge in [-0.25, -0.2) is 0 Å². The number of methoxy groups -OCH3 is 1. The third-order valence-electron chi connectivity index (χ3n) is 3.62. The van der Waals surface area contributed by atoms with Gasteiger partial charge in [-0.1, -0.05) is 0 Å². The molecule has 1 aliphatic heterocycles. The van der Waals surface area contributed by atoms with Crippen LogP contribution in [0.15, 0.2) is 24.5 Å². The van der Waals surface area contributed by atoms with Crippen molar-refractivity contribution in [1.82, 2.24) is 10.3 Å². The smallest absolute Gasteiger partial charge is 0.0667 e. The lowest BCUT2D eigenvalue weighted by Gasteiger charge is -2.34. The van der Waals surface area contributed by atoms with E-state index in [1.807, 2.05) is 12.4 Å². The van der Waals surface area contributed by atoms with Crippen molar-refractivity contribution in [3.8, 4) is 0 Å². The zero-order valence-corrected chi connectivity index (χ0v) is 11.3. The molecule has 2 heterocycles. The molecule has 0 radical (unpaired) electrons. The number of nitrogens with one attached hydrogen (secondary N) is 1. The second-order valence-electron chi connectivity index (χ2n) is 4.92. The van der Waals surface area contributed by atoms with E-state index in [9.17, 15) is 0 Å². The van der Waals surface area contributed by atoms with Crippen LogP contribution >= 0.6 is 0 Å². The van der Waals surface area contributed by atoms with Gasteiger partial charge in [-0.3, -0.25) is 4.98 Å². The Bertz CT molecular complexity index is 336. The van der Waals surface area contributed by atoms with Crippen molar-refractivity contribution in [3.05, 3.63) is 24.5 Å². The molecule has 1 aliphatic rings. The lowest BCUT2D eigenvalue weighted by atomic mass is 10.0. The summed E-state index contributed by atoms with van der Waals surface area (Å²) in [5, 5.41) is 3.58. The molecule has 4 nitrogen and oxygen atoms in total. The van der Waals surface area contributed by atoms with Gasteiger partial charge >= 0.3 is 0 Å². The normalized spacial score (nSPS) is 18.9. The van der Waals surface area contributed by atoms with Crippen LogP contribution in [0.5, 0.6) is 0 Å². The van der Waals surface area contributed by atoms with E-state index in [1.54, 1.807) is 7.11 Å². The fourth-order valence-electron chi connectivity index (χ4n) is 2.31. The van der Waals surface area contributed by atoms with E-state index < -0.39 is 0 Å². The van der Waals surface area contributed by atoms with Crippen molar-refractivity contribution >= 4 is 5.69 Å². The molecule has 0 spiro atoms. The summed E-state index contributed by atoms with van der Waals surface area (Å²) < 4.78 is 5.25. The van der Waals surface area contributed by atoms with Gasteiger partial charge in [-0.05, 0) is 31.9 Å². The molecule has 1 N–H and O–H groups in total. The molecule has 1 unspecified atom stereocenters. The number of nitrogens with zero attached hydrogens (tertiary/aromatic N) is 2. The highest BCUT2D eigenvalue weighted by Crippen LogP contribution is 2.18. The zero-order chi connectivity index (χ0) is 12.8. The molecule has 100 valence electrons. The van der Waals surface area contributed by atoms with Gasteiger partial charge < -0.3 is 15.0 Å².